The van der Waals surface area contributed by atoms with E-state index in [4.69, 9.17) is 0 Å². The normalized spacial score (nSPS) is 18.3. The summed E-state index contributed by atoms with van der Waals surface area (Å²) in [5.41, 5.74) is 4.64. The molecular formula is C17H21N7. The largest absolute Gasteiger partial charge is 0.297 e. The summed E-state index contributed by atoms with van der Waals surface area (Å²) >= 11 is 0. The van der Waals surface area contributed by atoms with Crippen molar-refractivity contribution < 1.29 is 0 Å². The number of likely N-dealkylation sites (tertiary alicyclic amines) is 1. The molecule has 1 aliphatic rings. The van der Waals surface area contributed by atoms with Crippen LogP contribution in [-0.2, 0) is 6.54 Å². The van der Waals surface area contributed by atoms with E-state index >= 15 is 0 Å². The van der Waals surface area contributed by atoms with E-state index in [9.17, 15) is 0 Å². The van der Waals surface area contributed by atoms with Gasteiger partial charge in [-0.15, -0.1) is 10.2 Å². The van der Waals surface area contributed by atoms with Gasteiger partial charge in [-0.25, -0.2) is 0 Å². The summed E-state index contributed by atoms with van der Waals surface area (Å²) in [6, 6.07) is 11.0. The SMILES string of the molecule is Cc1cc(C)n([C@H]2CCN(Cc3ccc(-c4nn[nH]n4)cc3)C2)n1. The number of nitrogens with one attached hydrogen (secondary N) is 1. The summed E-state index contributed by atoms with van der Waals surface area (Å²) in [4.78, 5) is 2.49. The lowest BCUT2D eigenvalue weighted by Crippen LogP contribution is -2.22. The first-order chi connectivity index (χ1) is 11.7. The minimum absolute atomic E-state index is 0.484. The molecule has 1 saturated heterocycles. The zero-order valence-electron chi connectivity index (χ0n) is 14.0. The first kappa shape index (κ1) is 15.0. The molecule has 0 aliphatic carbocycles. The summed E-state index contributed by atoms with van der Waals surface area (Å²) in [7, 11) is 0. The van der Waals surface area contributed by atoms with Crippen LogP contribution in [0.2, 0.25) is 0 Å². The molecule has 3 aromatic rings. The van der Waals surface area contributed by atoms with Crippen molar-refractivity contribution in [2.75, 3.05) is 13.1 Å². The number of hydrogen-bond acceptors (Lipinski definition) is 5. The molecule has 0 saturated carbocycles. The van der Waals surface area contributed by atoms with Gasteiger partial charge in [-0.2, -0.15) is 10.3 Å². The molecule has 4 rings (SSSR count). The molecular weight excluding hydrogens is 302 g/mol. The summed E-state index contributed by atoms with van der Waals surface area (Å²) < 4.78 is 2.19. The molecule has 24 heavy (non-hydrogen) atoms. The van der Waals surface area contributed by atoms with Crippen molar-refractivity contribution >= 4 is 0 Å². The lowest BCUT2D eigenvalue weighted by Gasteiger charge is -2.17. The van der Waals surface area contributed by atoms with Gasteiger partial charge in [0.05, 0.1) is 11.7 Å². The van der Waals surface area contributed by atoms with Crippen molar-refractivity contribution in [1.82, 2.24) is 35.3 Å². The Bertz CT molecular complexity index is 804. The Morgan fingerprint density at radius 1 is 1.21 bits per heavy atom. The third-order valence-corrected chi connectivity index (χ3v) is 4.60. The van der Waals surface area contributed by atoms with E-state index in [0.29, 0.717) is 11.9 Å². The van der Waals surface area contributed by atoms with E-state index in [1.807, 2.05) is 0 Å². The predicted octanol–water partition coefficient (Wildman–Crippen LogP) is 2.13. The van der Waals surface area contributed by atoms with Gasteiger partial charge in [0.25, 0.3) is 0 Å². The van der Waals surface area contributed by atoms with Crippen LogP contribution in [0.4, 0.5) is 0 Å². The van der Waals surface area contributed by atoms with Gasteiger partial charge in [-0.05, 0) is 37.1 Å². The Labute approximate surface area is 140 Å². The number of H-pyrrole nitrogens is 1. The van der Waals surface area contributed by atoms with Crippen LogP contribution in [-0.4, -0.2) is 48.4 Å². The Morgan fingerprint density at radius 3 is 2.71 bits per heavy atom. The molecule has 1 atom stereocenters. The maximum atomic E-state index is 4.64. The molecule has 3 heterocycles. The first-order valence-electron chi connectivity index (χ1n) is 8.27. The number of aromatic nitrogens is 6. The van der Waals surface area contributed by atoms with Crippen molar-refractivity contribution in [2.24, 2.45) is 0 Å². The average molecular weight is 323 g/mol. The fourth-order valence-corrected chi connectivity index (χ4v) is 3.47. The van der Waals surface area contributed by atoms with Crippen molar-refractivity contribution in [2.45, 2.75) is 32.9 Å². The Balaban J connectivity index is 1.40. The van der Waals surface area contributed by atoms with Gasteiger partial charge in [0, 0.05) is 30.9 Å². The van der Waals surface area contributed by atoms with Gasteiger partial charge >= 0.3 is 0 Å². The third kappa shape index (κ3) is 2.94. The van der Waals surface area contributed by atoms with Crippen LogP contribution in [0.5, 0.6) is 0 Å². The van der Waals surface area contributed by atoms with Gasteiger partial charge in [0.2, 0.25) is 5.82 Å². The number of rotatable bonds is 4. The second-order valence-corrected chi connectivity index (χ2v) is 6.48. The third-order valence-electron chi connectivity index (χ3n) is 4.60. The molecule has 0 amide bonds. The number of aromatic amines is 1. The molecule has 1 aromatic carbocycles. The van der Waals surface area contributed by atoms with E-state index in [2.05, 4.69) is 79.5 Å². The summed E-state index contributed by atoms with van der Waals surface area (Å²) in [5.74, 6) is 0.632. The van der Waals surface area contributed by atoms with Crippen LogP contribution in [0.3, 0.4) is 0 Å². The van der Waals surface area contributed by atoms with Gasteiger partial charge in [-0.1, -0.05) is 24.3 Å². The summed E-state index contributed by atoms with van der Waals surface area (Å²) in [6.07, 6.45) is 1.16. The number of tetrazole rings is 1. The highest BCUT2D eigenvalue weighted by Crippen LogP contribution is 2.25. The number of aryl methyl sites for hydroxylation is 2. The molecule has 0 bridgehead atoms. The van der Waals surface area contributed by atoms with Crippen LogP contribution in [0.1, 0.15) is 29.4 Å². The van der Waals surface area contributed by atoms with Crippen LogP contribution in [0, 0.1) is 13.8 Å². The van der Waals surface area contributed by atoms with Gasteiger partial charge < -0.3 is 0 Å². The van der Waals surface area contributed by atoms with Crippen molar-refractivity contribution in [1.29, 1.82) is 0 Å². The van der Waals surface area contributed by atoms with E-state index in [0.717, 1.165) is 37.3 Å². The maximum Gasteiger partial charge on any atom is 0.204 e. The van der Waals surface area contributed by atoms with Crippen molar-refractivity contribution in [3.05, 3.63) is 47.3 Å². The van der Waals surface area contributed by atoms with Crippen LogP contribution in [0.25, 0.3) is 11.4 Å². The van der Waals surface area contributed by atoms with Crippen LogP contribution in [0.15, 0.2) is 30.3 Å². The lowest BCUT2D eigenvalue weighted by molar-refractivity contribution is 0.310. The summed E-state index contributed by atoms with van der Waals surface area (Å²) in [5, 5.41) is 18.7. The van der Waals surface area contributed by atoms with E-state index < -0.39 is 0 Å². The minimum atomic E-state index is 0.484. The highest BCUT2D eigenvalue weighted by molar-refractivity contribution is 5.54. The van der Waals surface area contributed by atoms with Crippen LogP contribution < -0.4 is 0 Å². The second kappa shape index (κ2) is 6.16. The molecule has 1 fully saturated rings. The monoisotopic (exact) mass is 323 g/mol. The van der Waals surface area contributed by atoms with Gasteiger partial charge in [0.15, 0.2) is 0 Å². The summed E-state index contributed by atoms with van der Waals surface area (Å²) in [6.45, 7) is 7.31. The molecule has 2 aromatic heterocycles. The molecule has 1 N–H and O–H groups in total. The van der Waals surface area contributed by atoms with E-state index in [-0.39, 0.29) is 0 Å². The maximum absolute atomic E-state index is 4.64. The molecule has 0 spiro atoms. The van der Waals surface area contributed by atoms with Crippen molar-refractivity contribution in [3.8, 4) is 11.4 Å². The molecule has 7 heteroatoms. The highest BCUT2D eigenvalue weighted by Gasteiger charge is 2.25. The van der Waals surface area contributed by atoms with E-state index in [1.54, 1.807) is 0 Å². The fraction of sp³-hybridized carbons (Fsp3) is 0.412. The molecule has 1 aliphatic heterocycles. The Hall–Kier alpha value is -2.54. The van der Waals surface area contributed by atoms with Crippen molar-refractivity contribution in [3.63, 3.8) is 0 Å². The number of nitrogens with zero attached hydrogens (tertiary/aromatic N) is 6. The Kier molecular flexibility index (Phi) is 3.86. The highest BCUT2D eigenvalue weighted by atomic mass is 15.5. The van der Waals surface area contributed by atoms with Crippen LogP contribution >= 0.6 is 0 Å². The van der Waals surface area contributed by atoms with E-state index in [1.165, 1.54) is 11.3 Å². The number of benzene rings is 1. The quantitative estimate of drug-likeness (QED) is 0.796. The molecule has 7 nitrogen and oxygen atoms in total. The predicted molar refractivity (Wildman–Crippen MR) is 90.2 cm³/mol. The molecule has 0 unspecified atom stereocenters. The average Bonchev–Trinajstić information content (AvgIpc) is 3.30. The lowest BCUT2D eigenvalue weighted by atomic mass is 10.1. The standard InChI is InChI=1S/C17H21N7/c1-12-9-13(2)24(20-12)16-7-8-23(11-16)10-14-3-5-15(6-4-14)17-18-21-22-19-17/h3-6,9,16H,7-8,10-11H2,1-2H3,(H,18,19,21,22)/t16-/m0/s1. The molecule has 124 valence electrons. The molecule has 0 radical (unpaired) electrons. The van der Waals surface area contributed by atoms with Gasteiger partial charge in [0.1, 0.15) is 0 Å². The topological polar surface area (TPSA) is 75.5 Å². The zero-order chi connectivity index (χ0) is 16.5. The number of hydrogen-bond donors (Lipinski definition) is 1. The van der Waals surface area contributed by atoms with Gasteiger partial charge in [-0.3, -0.25) is 9.58 Å². The first-order valence-corrected chi connectivity index (χ1v) is 8.27. The fourth-order valence-electron chi connectivity index (χ4n) is 3.47. The smallest absolute Gasteiger partial charge is 0.204 e. The minimum Gasteiger partial charge on any atom is -0.297 e. The zero-order valence-corrected chi connectivity index (χ0v) is 14.0. The Morgan fingerprint density at radius 2 is 2.04 bits per heavy atom. The second-order valence-electron chi connectivity index (χ2n) is 6.48.